The third kappa shape index (κ3) is 7.98. The van der Waals surface area contributed by atoms with E-state index in [-0.39, 0.29) is 19.6 Å². The van der Waals surface area contributed by atoms with Gasteiger partial charge >= 0.3 is 0 Å². The number of amides is 4. The summed E-state index contributed by atoms with van der Waals surface area (Å²) < 4.78 is 12.0. The fourth-order valence-electron chi connectivity index (χ4n) is 4.90. The number of carbonyl (C=O) groups is 4. The molecule has 2 bridgehead atoms. The highest BCUT2D eigenvalue weighted by atomic mass is 16.5. The van der Waals surface area contributed by atoms with E-state index in [2.05, 4.69) is 26.6 Å². The van der Waals surface area contributed by atoms with Gasteiger partial charge in [0.15, 0.2) is 5.60 Å². The number of benzene rings is 2. The molecule has 12 nitrogen and oxygen atoms in total. The Kier molecular flexibility index (Phi) is 10.4. The van der Waals surface area contributed by atoms with Gasteiger partial charge in [0.2, 0.25) is 17.7 Å². The maximum Gasteiger partial charge on any atom is 0.265 e. The lowest BCUT2D eigenvalue weighted by atomic mass is 9.90. The largest absolute Gasteiger partial charge is 0.492 e. The zero-order valence-corrected chi connectivity index (χ0v) is 23.9. The second-order valence-electron chi connectivity index (χ2n) is 10.6. The molecule has 1 spiro atoms. The maximum atomic E-state index is 13.6. The van der Waals surface area contributed by atoms with Crippen molar-refractivity contribution in [2.45, 2.75) is 62.9 Å². The van der Waals surface area contributed by atoms with Crippen LogP contribution < -0.4 is 36.1 Å². The van der Waals surface area contributed by atoms with Crippen LogP contribution in [0.15, 0.2) is 54.6 Å². The molecule has 3 aliphatic rings. The Morgan fingerprint density at radius 2 is 1.52 bits per heavy atom. The van der Waals surface area contributed by atoms with E-state index in [4.69, 9.17) is 9.47 Å². The second-order valence-corrected chi connectivity index (χ2v) is 10.6. The molecule has 0 radical (unpaired) electrons. The van der Waals surface area contributed by atoms with Crippen molar-refractivity contribution in [3.05, 3.63) is 60.2 Å². The molecule has 2 aromatic carbocycles. The number of aliphatic hydroxyl groups is 1. The first kappa shape index (κ1) is 30.8. The number of ether oxygens (including phenoxy) is 2. The van der Waals surface area contributed by atoms with E-state index in [1.165, 1.54) is 13.8 Å². The molecule has 4 amide bonds. The third-order valence-corrected chi connectivity index (χ3v) is 7.35. The lowest BCUT2D eigenvalue weighted by Crippen LogP contribution is -2.63. The van der Waals surface area contributed by atoms with Crippen molar-refractivity contribution in [3.8, 4) is 11.5 Å². The Bertz CT molecular complexity index is 1230. The molecule has 5 rings (SSSR count). The van der Waals surface area contributed by atoms with Crippen molar-refractivity contribution in [1.29, 1.82) is 0 Å². The minimum Gasteiger partial charge on any atom is -0.492 e. The van der Waals surface area contributed by atoms with Gasteiger partial charge in [0, 0.05) is 19.3 Å². The number of hydrogen-bond acceptors (Lipinski definition) is 8. The van der Waals surface area contributed by atoms with Crippen LogP contribution >= 0.6 is 0 Å². The quantitative estimate of drug-likeness (QED) is 0.271. The molecule has 0 saturated carbocycles. The molecule has 3 aliphatic heterocycles. The summed E-state index contributed by atoms with van der Waals surface area (Å²) in [5, 5.41) is 24.4. The lowest BCUT2D eigenvalue weighted by molar-refractivity contribution is -0.144. The van der Waals surface area contributed by atoms with Crippen LogP contribution in [0.1, 0.15) is 32.3 Å². The monoisotopic (exact) mass is 581 g/mol. The summed E-state index contributed by atoms with van der Waals surface area (Å²) in [6, 6.07) is 12.7. The van der Waals surface area contributed by atoms with Crippen LogP contribution in [-0.2, 0) is 25.6 Å². The number of hydrogen-bond donors (Lipinski definition) is 6. The number of carbonyl (C=O) groups excluding carboxylic acids is 4. The molecule has 1 fully saturated rings. The van der Waals surface area contributed by atoms with Crippen molar-refractivity contribution < 1.29 is 33.8 Å². The summed E-state index contributed by atoms with van der Waals surface area (Å²) in [6.07, 6.45) is -0.363. The van der Waals surface area contributed by atoms with Crippen LogP contribution in [-0.4, -0.2) is 84.8 Å². The van der Waals surface area contributed by atoms with E-state index in [9.17, 15) is 24.3 Å². The summed E-state index contributed by atoms with van der Waals surface area (Å²) in [5.74, 6) is -1.31. The van der Waals surface area contributed by atoms with Gasteiger partial charge in [0.25, 0.3) is 5.91 Å². The number of rotatable bonds is 3. The Balaban J connectivity index is 1.60. The van der Waals surface area contributed by atoms with Gasteiger partial charge in [0.1, 0.15) is 36.2 Å². The number of nitrogens with one attached hydrogen (secondary N) is 5. The van der Waals surface area contributed by atoms with Crippen molar-refractivity contribution in [1.82, 2.24) is 26.6 Å². The van der Waals surface area contributed by atoms with E-state index >= 15 is 0 Å². The van der Waals surface area contributed by atoms with E-state index in [0.29, 0.717) is 37.4 Å². The first-order valence-electron chi connectivity index (χ1n) is 14.2. The molecule has 42 heavy (non-hydrogen) atoms. The van der Waals surface area contributed by atoms with E-state index in [0.717, 1.165) is 5.56 Å². The van der Waals surface area contributed by atoms with Crippen molar-refractivity contribution in [2.75, 3.05) is 26.2 Å². The number of piperidine rings is 1. The topological polar surface area (TPSA) is 167 Å². The van der Waals surface area contributed by atoms with Gasteiger partial charge in [-0.05, 0) is 56.8 Å². The first-order valence-corrected chi connectivity index (χ1v) is 14.2. The van der Waals surface area contributed by atoms with E-state index < -0.39 is 53.5 Å². The molecule has 2 aromatic rings. The number of aliphatic hydroxyl groups excluding tert-OH is 1. The molecule has 3 heterocycles. The Morgan fingerprint density at radius 1 is 0.857 bits per heavy atom. The van der Waals surface area contributed by atoms with Crippen LogP contribution in [0.4, 0.5) is 0 Å². The van der Waals surface area contributed by atoms with Gasteiger partial charge in [-0.1, -0.05) is 30.3 Å². The van der Waals surface area contributed by atoms with Crippen molar-refractivity contribution in [3.63, 3.8) is 0 Å². The molecule has 1 unspecified atom stereocenters. The molecule has 12 heteroatoms. The van der Waals surface area contributed by atoms with Crippen LogP contribution in [0.2, 0.25) is 0 Å². The Labute approximate surface area is 244 Å². The van der Waals surface area contributed by atoms with Gasteiger partial charge in [0.05, 0.1) is 12.6 Å². The highest BCUT2D eigenvalue weighted by Gasteiger charge is 2.44. The standard InChI is InChI=1S/C30H39N5O7/c1-19-26(37)34-24(18-21-6-4-3-5-7-21)27(38)32-16-17-41-22-8-10-23(11-9-22)42-30(12-14-31-15-13-30)29(40)35-25(20(2)36)28(39)33-19/h3-11,19-20,24-25,31,36H,12-18H2,1-2H3,(H,32,38)(H,33,39)(H,34,37)(H,35,40)/t19-,20+,24-,25?/m0/s1. The summed E-state index contributed by atoms with van der Waals surface area (Å²) in [7, 11) is 0. The summed E-state index contributed by atoms with van der Waals surface area (Å²) >= 11 is 0. The second kappa shape index (κ2) is 14.1. The van der Waals surface area contributed by atoms with Crippen LogP contribution in [0.25, 0.3) is 0 Å². The first-order chi connectivity index (χ1) is 20.2. The van der Waals surface area contributed by atoms with Gasteiger partial charge in [-0.25, -0.2) is 0 Å². The SMILES string of the molecule is C[C@@H]1NC(=O)C([C@@H](C)O)NC(=O)C2(CCNCC2)Oc2ccc(cc2)OCCNC(=O)[C@H](Cc2ccccc2)NC1=O. The van der Waals surface area contributed by atoms with Gasteiger partial charge in [-0.2, -0.15) is 0 Å². The van der Waals surface area contributed by atoms with E-state index in [1.54, 1.807) is 24.3 Å². The summed E-state index contributed by atoms with van der Waals surface area (Å²) in [4.78, 5) is 53.1. The average Bonchev–Trinajstić information content (AvgIpc) is 2.98. The zero-order chi connectivity index (χ0) is 30.1. The van der Waals surface area contributed by atoms with Crippen molar-refractivity contribution in [2.24, 2.45) is 0 Å². The van der Waals surface area contributed by atoms with Crippen LogP contribution in [0, 0.1) is 0 Å². The molecule has 0 aliphatic carbocycles. The Morgan fingerprint density at radius 3 is 2.19 bits per heavy atom. The minimum atomic E-state index is -1.35. The molecule has 0 aromatic heterocycles. The molecule has 6 N–H and O–H groups in total. The summed E-state index contributed by atoms with van der Waals surface area (Å²) in [6.45, 7) is 4.26. The average molecular weight is 582 g/mol. The smallest absolute Gasteiger partial charge is 0.265 e. The van der Waals surface area contributed by atoms with E-state index in [1.807, 2.05) is 30.3 Å². The van der Waals surface area contributed by atoms with Gasteiger partial charge in [-0.15, -0.1) is 0 Å². The minimum absolute atomic E-state index is 0.184. The highest BCUT2D eigenvalue weighted by Crippen LogP contribution is 2.28. The van der Waals surface area contributed by atoms with Crippen LogP contribution in [0.3, 0.4) is 0 Å². The highest BCUT2D eigenvalue weighted by molar-refractivity contribution is 5.95. The predicted molar refractivity (Wildman–Crippen MR) is 154 cm³/mol. The maximum absolute atomic E-state index is 13.6. The normalized spacial score (nSPS) is 24.7. The number of fused-ring (bicyclic) bond motifs is 15. The Hall–Kier alpha value is -4.16. The lowest BCUT2D eigenvalue weighted by Gasteiger charge is -2.38. The molecular formula is C30H39N5O7. The fourth-order valence-corrected chi connectivity index (χ4v) is 4.90. The molecular weight excluding hydrogens is 542 g/mol. The predicted octanol–water partition coefficient (Wildman–Crippen LogP) is -0.206. The molecule has 1 saturated heterocycles. The molecule has 226 valence electrons. The summed E-state index contributed by atoms with van der Waals surface area (Å²) in [5.41, 5.74) is -0.439. The van der Waals surface area contributed by atoms with Crippen LogP contribution in [0.5, 0.6) is 11.5 Å². The van der Waals surface area contributed by atoms with Crippen molar-refractivity contribution >= 4 is 23.6 Å². The third-order valence-electron chi connectivity index (χ3n) is 7.35. The molecule has 4 atom stereocenters. The fraction of sp³-hybridized carbons (Fsp3) is 0.467. The van der Waals surface area contributed by atoms with Gasteiger partial charge in [-0.3, -0.25) is 19.2 Å². The zero-order valence-electron chi connectivity index (χ0n) is 23.9. The van der Waals surface area contributed by atoms with Gasteiger partial charge < -0.3 is 41.2 Å².